The number of aliphatic hydroxyl groups excluding tert-OH is 1. The van der Waals surface area contributed by atoms with Crippen molar-refractivity contribution >= 4 is 17.2 Å². The third kappa shape index (κ3) is 4.66. The summed E-state index contributed by atoms with van der Waals surface area (Å²) in [5.74, 6) is 0.182. The molecule has 2 N–H and O–H groups in total. The van der Waals surface area contributed by atoms with E-state index in [1.54, 1.807) is 11.3 Å². The highest BCUT2D eigenvalue weighted by molar-refractivity contribution is 7.07. The number of carbonyl (C=O) groups is 1. The van der Waals surface area contributed by atoms with Crippen molar-refractivity contribution < 1.29 is 9.90 Å². The van der Waals surface area contributed by atoms with E-state index in [1.807, 2.05) is 22.9 Å². The van der Waals surface area contributed by atoms with Crippen molar-refractivity contribution in [2.75, 3.05) is 19.7 Å². The Labute approximate surface area is 147 Å². The highest BCUT2D eigenvalue weighted by Crippen LogP contribution is 2.20. The number of nitrogens with zero attached hydrogens (tertiary/aromatic N) is 1. The quantitative estimate of drug-likeness (QED) is 0.845. The number of hydrogen-bond donors (Lipinski definition) is 2. The van der Waals surface area contributed by atoms with E-state index in [-0.39, 0.29) is 24.5 Å². The van der Waals surface area contributed by atoms with Crippen LogP contribution in [0.3, 0.4) is 0 Å². The summed E-state index contributed by atoms with van der Waals surface area (Å²) in [4.78, 5) is 14.7. The topological polar surface area (TPSA) is 52.6 Å². The van der Waals surface area contributed by atoms with Crippen LogP contribution in [0.15, 0.2) is 47.2 Å². The van der Waals surface area contributed by atoms with Gasteiger partial charge in [0.25, 0.3) is 0 Å². The van der Waals surface area contributed by atoms with Gasteiger partial charge in [0.1, 0.15) is 0 Å². The summed E-state index contributed by atoms with van der Waals surface area (Å²) in [5, 5.41) is 16.8. The fourth-order valence-corrected chi connectivity index (χ4v) is 3.94. The van der Waals surface area contributed by atoms with E-state index >= 15 is 0 Å². The fourth-order valence-electron chi connectivity index (χ4n) is 3.27. The molecule has 3 rings (SSSR count). The number of likely N-dealkylation sites (tertiary alicyclic amines) is 1. The van der Waals surface area contributed by atoms with E-state index in [0.29, 0.717) is 6.42 Å². The summed E-state index contributed by atoms with van der Waals surface area (Å²) >= 11 is 1.61. The van der Waals surface area contributed by atoms with E-state index in [4.69, 9.17) is 0 Å². The lowest BCUT2D eigenvalue weighted by atomic mass is 9.91. The van der Waals surface area contributed by atoms with Gasteiger partial charge in [-0.2, -0.15) is 11.3 Å². The molecule has 2 heterocycles. The zero-order chi connectivity index (χ0) is 16.8. The number of aliphatic hydroxyl groups is 1. The Morgan fingerprint density at radius 1 is 1.25 bits per heavy atom. The third-order valence-corrected chi connectivity index (χ3v) is 5.35. The lowest BCUT2D eigenvalue weighted by Crippen LogP contribution is -2.53. The Morgan fingerprint density at radius 3 is 2.79 bits per heavy atom. The maximum atomic E-state index is 12.3. The smallest absolute Gasteiger partial charge is 0.224 e. The van der Waals surface area contributed by atoms with Gasteiger partial charge in [-0.1, -0.05) is 30.3 Å². The lowest BCUT2D eigenvalue weighted by molar-refractivity contribution is -0.122. The van der Waals surface area contributed by atoms with Gasteiger partial charge in [-0.3, -0.25) is 9.69 Å². The number of rotatable bonds is 6. The normalized spacial score (nSPS) is 21.5. The molecule has 2 aromatic rings. The van der Waals surface area contributed by atoms with Gasteiger partial charge in [0.05, 0.1) is 6.42 Å². The molecule has 1 aromatic heterocycles. The first-order valence-corrected chi connectivity index (χ1v) is 9.36. The molecule has 1 amide bonds. The van der Waals surface area contributed by atoms with Crippen LogP contribution < -0.4 is 5.32 Å². The molecule has 1 saturated heterocycles. The number of benzene rings is 1. The molecule has 4 nitrogen and oxygen atoms in total. The summed E-state index contributed by atoms with van der Waals surface area (Å²) in [6.45, 7) is 2.75. The number of hydrogen-bond acceptors (Lipinski definition) is 4. The van der Waals surface area contributed by atoms with E-state index in [2.05, 4.69) is 34.5 Å². The molecule has 1 aliphatic rings. The summed E-state index contributed by atoms with van der Waals surface area (Å²) in [6, 6.07) is 12.4. The Morgan fingerprint density at radius 2 is 2.08 bits per heavy atom. The number of thiophene rings is 1. The average Bonchev–Trinajstić information content (AvgIpc) is 3.09. The first-order chi connectivity index (χ1) is 11.7. The first-order valence-electron chi connectivity index (χ1n) is 8.42. The van der Waals surface area contributed by atoms with E-state index < -0.39 is 0 Å². The van der Waals surface area contributed by atoms with Crippen LogP contribution in [0.2, 0.25) is 0 Å². The molecule has 0 radical (unpaired) electrons. The number of carbonyl (C=O) groups excluding carboxylic acids is 1. The van der Waals surface area contributed by atoms with Crippen molar-refractivity contribution in [2.45, 2.75) is 25.4 Å². The molecule has 1 aliphatic heterocycles. The second-order valence-corrected chi connectivity index (χ2v) is 7.21. The van der Waals surface area contributed by atoms with Gasteiger partial charge in [0.15, 0.2) is 0 Å². The van der Waals surface area contributed by atoms with Crippen LogP contribution in [0.25, 0.3) is 0 Å². The predicted octanol–water partition coefficient (Wildman–Crippen LogP) is 2.29. The summed E-state index contributed by atoms with van der Waals surface area (Å²) in [7, 11) is 0. The van der Waals surface area contributed by atoms with Crippen LogP contribution in [0.5, 0.6) is 0 Å². The van der Waals surface area contributed by atoms with Gasteiger partial charge in [-0.15, -0.1) is 0 Å². The predicted molar refractivity (Wildman–Crippen MR) is 96.9 cm³/mol. The van der Waals surface area contributed by atoms with E-state index in [9.17, 15) is 9.90 Å². The second-order valence-electron chi connectivity index (χ2n) is 6.43. The molecule has 1 fully saturated rings. The largest absolute Gasteiger partial charge is 0.396 e. The standard InChI is InChI=1S/C19H24N2O2S/c22-13-17-6-8-21(11-15-4-2-1-3-5-15)12-18(17)20-19(23)10-16-7-9-24-14-16/h1-5,7,9,14,17-18,22H,6,8,10-13H2,(H,20,23)/t17-,18-/m1/s1. The van der Waals surface area contributed by atoms with Crippen LogP contribution >= 0.6 is 11.3 Å². The molecule has 0 saturated carbocycles. The molecule has 0 unspecified atom stereocenters. The highest BCUT2D eigenvalue weighted by Gasteiger charge is 2.29. The van der Waals surface area contributed by atoms with Gasteiger partial charge >= 0.3 is 0 Å². The zero-order valence-corrected chi connectivity index (χ0v) is 14.5. The van der Waals surface area contributed by atoms with Gasteiger partial charge < -0.3 is 10.4 Å². The van der Waals surface area contributed by atoms with Crippen LogP contribution in [0.4, 0.5) is 0 Å². The van der Waals surface area contributed by atoms with Crippen molar-refractivity contribution in [3.63, 3.8) is 0 Å². The molecule has 1 aromatic carbocycles. The van der Waals surface area contributed by atoms with E-state index in [0.717, 1.165) is 31.6 Å². The van der Waals surface area contributed by atoms with Crippen LogP contribution in [0, 0.1) is 5.92 Å². The molecule has 0 spiro atoms. The van der Waals surface area contributed by atoms with Crippen molar-refractivity contribution in [1.82, 2.24) is 10.2 Å². The molecule has 2 atom stereocenters. The van der Waals surface area contributed by atoms with Gasteiger partial charge in [-0.25, -0.2) is 0 Å². The van der Waals surface area contributed by atoms with Crippen molar-refractivity contribution in [3.05, 3.63) is 58.3 Å². The molecule has 24 heavy (non-hydrogen) atoms. The Balaban J connectivity index is 1.57. The Bertz CT molecular complexity index is 630. The van der Waals surface area contributed by atoms with Crippen molar-refractivity contribution in [3.8, 4) is 0 Å². The van der Waals surface area contributed by atoms with Crippen molar-refractivity contribution in [1.29, 1.82) is 0 Å². The maximum absolute atomic E-state index is 12.3. The molecule has 128 valence electrons. The SMILES string of the molecule is O=C(Cc1ccsc1)N[C@@H]1CN(Cc2ccccc2)CC[C@@H]1CO. The minimum atomic E-state index is 0.0126. The highest BCUT2D eigenvalue weighted by atomic mass is 32.1. The average molecular weight is 344 g/mol. The molecule has 5 heteroatoms. The third-order valence-electron chi connectivity index (χ3n) is 4.61. The summed E-state index contributed by atoms with van der Waals surface area (Å²) in [5.41, 5.74) is 2.33. The molecule has 0 bridgehead atoms. The van der Waals surface area contributed by atoms with Crippen LogP contribution in [0.1, 0.15) is 17.5 Å². The molecular weight excluding hydrogens is 320 g/mol. The van der Waals surface area contributed by atoms with Gasteiger partial charge in [0, 0.05) is 31.7 Å². The molecular formula is C19H24N2O2S. The summed E-state index contributed by atoms with van der Waals surface area (Å²) in [6.07, 6.45) is 1.32. The fraction of sp³-hybridized carbons (Fsp3) is 0.421. The second kappa shape index (κ2) is 8.42. The van der Waals surface area contributed by atoms with E-state index in [1.165, 1.54) is 5.56 Å². The lowest BCUT2D eigenvalue weighted by Gasteiger charge is -2.38. The van der Waals surface area contributed by atoms with Gasteiger partial charge in [0.2, 0.25) is 5.91 Å². The Hall–Kier alpha value is -1.69. The van der Waals surface area contributed by atoms with Crippen molar-refractivity contribution in [2.24, 2.45) is 5.92 Å². The van der Waals surface area contributed by atoms with Crippen LogP contribution in [-0.4, -0.2) is 41.7 Å². The summed E-state index contributed by atoms with van der Waals surface area (Å²) < 4.78 is 0. The minimum absolute atomic E-state index is 0.0126. The minimum Gasteiger partial charge on any atom is -0.396 e. The maximum Gasteiger partial charge on any atom is 0.224 e. The first kappa shape index (κ1) is 17.1. The zero-order valence-electron chi connectivity index (χ0n) is 13.7. The monoisotopic (exact) mass is 344 g/mol. The number of piperidine rings is 1. The van der Waals surface area contributed by atoms with Gasteiger partial charge in [-0.05, 0) is 40.9 Å². The number of nitrogens with one attached hydrogen (secondary N) is 1. The Kier molecular flexibility index (Phi) is 6.01. The number of amides is 1. The molecule has 0 aliphatic carbocycles. The van der Waals surface area contributed by atoms with Crippen LogP contribution in [-0.2, 0) is 17.8 Å².